The minimum atomic E-state index is 0.618. The summed E-state index contributed by atoms with van der Waals surface area (Å²) in [6.07, 6.45) is 2.00. The molecule has 4 heteroatoms. The maximum atomic E-state index is 5.43. The van der Waals surface area contributed by atoms with Gasteiger partial charge in [-0.25, -0.2) is 0 Å². The van der Waals surface area contributed by atoms with Crippen LogP contribution in [-0.2, 0) is 13.6 Å². The molecule has 2 N–H and O–H groups in total. The number of aromatic nitrogens is 1. The average Bonchev–Trinajstić information content (AvgIpc) is 2.26. The normalized spacial score (nSPS) is 12.1. The Balaban J connectivity index is 2.75. The van der Waals surface area contributed by atoms with Gasteiger partial charge in [-0.15, -0.1) is 0 Å². The second-order valence-corrected chi connectivity index (χ2v) is 3.63. The van der Waals surface area contributed by atoms with Gasteiger partial charge in [0.15, 0.2) is 0 Å². The fraction of sp³-hybridized carbons (Fsp3) is 0.375. The molecule has 1 aromatic rings. The maximum absolute atomic E-state index is 5.43. The Morgan fingerprint density at radius 1 is 1.75 bits per heavy atom. The number of halogens is 1. The molecule has 0 unspecified atom stereocenters. The van der Waals surface area contributed by atoms with Crippen LogP contribution in [0.15, 0.2) is 21.7 Å². The van der Waals surface area contributed by atoms with Gasteiger partial charge in [0.1, 0.15) is 0 Å². The van der Waals surface area contributed by atoms with E-state index in [1.165, 1.54) is 0 Å². The van der Waals surface area contributed by atoms with Gasteiger partial charge in [0.05, 0.1) is 12.4 Å². The molecule has 0 spiro atoms. The van der Waals surface area contributed by atoms with Gasteiger partial charge in [-0.2, -0.15) is 0 Å². The average molecular weight is 230 g/mol. The van der Waals surface area contributed by atoms with Gasteiger partial charge in [-0.05, 0) is 28.9 Å². The summed E-state index contributed by atoms with van der Waals surface area (Å²) in [5.41, 5.74) is 6.57. The van der Waals surface area contributed by atoms with E-state index in [1.807, 2.05) is 23.9 Å². The lowest BCUT2D eigenvalue weighted by Gasteiger charge is -1.98. The summed E-state index contributed by atoms with van der Waals surface area (Å²) >= 11 is 3.39. The molecule has 0 amide bonds. The minimum Gasteiger partial charge on any atom is -0.388 e. The molecular weight excluding hydrogens is 218 g/mol. The number of rotatable bonds is 2. The van der Waals surface area contributed by atoms with Gasteiger partial charge in [-0.3, -0.25) is 4.99 Å². The van der Waals surface area contributed by atoms with Gasteiger partial charge < -0.3 is 10.3 Å². The number of nitrogens with two attached hydrogens (primary N) is 1. The van der Waals surface area contributed by atoms with Crippen LogP contribution in [0.5, 0.6) is 0 Å². The monoisotopic (exact) mass is 229 g/mol. The maximum Gasteiger partial charge on any atom is 0.0910 e. The van der Waals surface area contributed by atoms with Crippen LogP contribution < -0.4 is 5.73 Å². The molecular formula is C8H12BrN3. The zero-order valence-electron chi connectivity index (χ0n) is 7.21. The molecule has 1 rings (SSSR count). The van der Waals surface area contributed by atoms with Crippen molar-refractivity contribution >= 4 is 21.8 Å². The van der Waals surface area contributed by atoms with Gasteiger partial charge in [0.25, 0.3) is 0 Å². The predicted molar refractivity (Wildman–Crippen MR) is 54.1 cm³/mol. The molecule has 0 saturated carbocycles. The van der Waals surface area contributed by atoms with E-state index in [0.717, 1.165) is 10.2 Å². The fourth-order valence-corrected chi connectivity index (χ4v) is 1.50. The van der Waals surface area contributed by atoms with E-state index in [9.17, 15) is 0 Å². The highest BCUT2D eigenvalue weighted by molar-refractivity contribution is 9.10. The second kappa shape index (κ2) is 3.76. The lowest BCUT2D eigenvalue weighted by atomic mass is 10.4. The summed E-state index contributed by atoms with van der Waals surface area (Å²) in [7, 11) is 1.99. The highest BCUT2D eigenvalue weighted by atomic mass is 79.9. The SMILES string of the molecule is CC(N)=NCc1cc(Br)cn1C. The third kappa shape index (κ3) is 2.37. The van der Waals surface area contributed by atoms with Gasteiger partial charge in [-0.1, -0.05) is 0 Å². The predicted octanol–water partition coefficient (Wildman–Crippen LogP) is 1.66. The van der Waals surface area contributed by atoms with Crippen molar-refractivity contribution in [3.63, 3.8) is 0 Å². The van der Waals surface area contributed by atoms with Crippen LogP contribution in [0.3, 0.4) is 0 Å². The van der Waals surface area contributed by atoms with Crippen molar-refractivity contribution in [1.29, 1.82) is 0 Å². The van der Waals surface area contributed by atoms with E-state index < -0.39 is 0 Å². The van der Waals surface area contributed by atoms with Crippen LogP contribution in [0.1, 0.15) is 12.6 Å². The molecule has 1 aromatic heterocycles. The molecule has 66 valence electrons. The summed E-state index contributed by atoms with van der Waals surface area (Å²) < 4.78 is 3.10. The number of amidine groups is 1. The van der Waals surface area contributed by atoms with E-state index in [1.54, 1.807) is 6.92 Å². The molecule has 0 radical (unpaired) electrons. The van der Waals surface area contributed by atoms with E-state index in [2.05, 4.69) is 20.9 Å². The van der Waals surface area contributed by atoms with Crippen molar-refractivity contribution in [1.82, 2.24) is 4.57 Å². The molecule has 1 heterocycles. The molecule has 0 saturated heterocycles. The van der Waals surface area contributed by atoms with Crippen LogP contribution in [0.25, 0.3) is 0 Å². The standard InChI is InChI=1S/C8H12BrN3/c1-6(10)11-4-8-3-7(9)5-12(8)2/h3,5H,4H2,1-2H3,(H2,10,11). The second-order valence-electron chi connectivity index (χ2n) is 2.72. The molecule has 0 aliphatic rings. The van der Waals surface area contributed by atoms with Crippen LogP contribution >= 0.6 is 15.9 Å². The summed E-state index contributed by atoms with van der Waals surface area (Å²) in [5.74, 6) is 0.618. The van der Waals surface area contributed by atoms with Gasteiger partial charge in [0.2, 0.25) is 0 Å². The summed E-state index contributed by atoms with van der Waals surface area (Å²) in [4.78, 5) is 4.12. The molecule has 0 aliphatic heterocycles. The largest absolute Gasteiger partial charge is 0.388 e. The van der Waals surface area contributed by atoms with Crippen LogP contribution in [0.4, 0.5) is 0 Å². The highest BCUT2D eigenvalue weighted by Gasteiger charge is 1.98. The lowest BCUT2D eigenvalue weighted by molar-refractivity contribution is 0.823. The Labute approximate surface area is 80.4 Å². The number of hydrogen-bond acceptors (Lipinski definition) is 1. The zero-order chi connectivity index (χ0) is 9.14. The van der Waals surface area contributed by atoms with Crippen molar-refractivity contribution in [2.24, 2.45) is 17.8 Å². The lowest BCUT2D eigenvalue weighted by Crippen LogP contribution is -2.06. The fourth-order valence-electron chi connectivity index (χ4n) is 0.929. The van der Waals surface area contributed by atoms with E-state index >= 15 is 0 Å². The van der Waals surface area contributed by atoms with E-state index in [-0.39, 0.29) is 0 Å². The third-order valence-corrected chi connectivity index (χ3v) is 2.00. The summed E-state index contributed by atoms with van der Waals surface area (Å²) in [5, 5.41) is 0. The summed E-state index contributed by atoms with van der Waals surface area (Å²) in [6.45, 7) is 2.43. The van der Waals surface area contributed by atoms with Crippen molar-refractivity contribution in [3.8, 4) is 0 Å². The van der Waals surface area contributed by atoms with E-state index in [0.29, 0.717) is 12.4 Å². The summed E-state index contributed by atoms with van der Waals surface area (Å²) in [6, 6.07) is 2.03. The first kappa shape index (κ1) is 9.32. The van der Waals surface area contributed by atoms with Crippen molar-refractivity contribution in [3.05, 3.63) is 22.4 Å². The van der Waals surface area contributed by atoms with Crippen molar-refractivity contribution in [2.45, 2.75) is 13.5 Å². The topological polar surface area (TPSA) is 43.3 Å². The van der Waals surface area contributed by atoms with Crippen LogP contribution in [0, 0.1) is 0 Å². The first-order chi connectivity index (χ1) is 5.59. The third-order valence-electron chi connectivity index (χ3n) is 1.56. The van der Waals surface area contributed by atoms with Crippen LogP contribution in [0.2, 0.25) is 0 Å². The van der Waals surface area contributed by atoms with Gasteiger partial charge >= 0.3 is 0 Å². The minimum absolute atomic E-state index is 0.618. The highest BCUT2D eigenvalue weighted by Crippen LogP contribution is 2.14. The Bertz CT molecular complexity index is 297. The molecule has 0 fully saturated rings. The molecule has 0 aromatic carbocycles. The first-order valence-electron chi connectivity index (χ1n) is 3.67. The Hall–Kier alpha value is -0.770. The quantitative estimate of drug-likeness (QED) is 0.609. The molecule has 0 atom stereocenters. The van der Waals surface area contributed by atoms with Crippen LogP contribution in [-0.4, -0.2) is 10.4 Å². The van der Waals surface area contributed by atoms with Crippen molar-refractivity contribution in [2.75, 3.05) is 0 Å². The smallest absolute Gasteiger partial charge is 0.0910 e. The number of nitrogens with zero attached hydrogens (tertiary/aromatic N) is 2. The van der Waals surface area contributed by atoms with E-state index in [4.69, 9.17) is 5.73 Å². The molecule has 3 nitrogen and oxygen atoms in total. The number of hydrogen-bond donors (Lipinski definition) is 1. The van der Waals surface area contributed by atoms with Crippen molar-refractivity contribution < 1.29 is 0 Å². The number of aryl methyl sites for hydroxylation is 1. The molecule has 12 heavy (non-hydrogen) atoms. The Kier molecular flexibility index (Phi) is 2.92. The Morgan fingerprint density at radius 2 is 2.42 bits per heavy atom. The zero-order valence-corrected chi connectivity index (χ0v) is 8.80. The Morgan fingerprint density at radius 3 is 2.83 bits per heavy atom. The molecule has 0 bridgehead atoms. The van der Waals surface area contributed by atoms with Gasteiger partial charge in [0, 0.05) is 23.4 Å². The molecule has 0 aliphatic carbocycles. The number of aliphatic imine (C=N–C) groups is 1. The first-order valence-corrected chi connectivity index (χ1v) is 4.46.